The minimum Gasteiger partial charge on any atom is -0.493 e. The molecule has 2 aromatic carbocycles. The molecular weight excluding hydrogens is 438 g/mol. The Bertz CT molecular complexity index is 1210. The number of methoxy groups -OCH3 is 3. The van der Waals surface area contributed by atoms with Crippen LogP contribution in [0.15, 0.2) is 36.4 Å². The van der Waals surface area contributed by atoms with Gasteiger partial charge in [0.2, 0.25) is 11.7 Å². The van der Waals surface area contributed by atoms with Gasteiger partial charge in [-0.25, -0.2) is 4.68 Å². The number of aromatic nitrogens is 2. The third-order valence-corrected chi connectivity index (χ3v) is 6.61. The van der Waals surface area contributed by atoms with Gasteiger partial charge in [-0.05, 0) is 60.9 Å². The second-order valence-electron chi connectivity index (χ2n) is 7.73. The predicted octanol–water partition coefficient (Wildman–Crippen LogP) is 4.91. The molecule has 7 nitrogen and oxygen atoms in total. The molecule has 0 unspecified atom stereocenters. The van der Waals surface area contributed by atoms with Gasteiger partial charge in [-0.1, -0.05) is 6.07 Å². The first-order chi connectivity index (χ1) is 15.9. The predicted molar refractivity (Wildman–Crippen MR) is 132 cm³/mol. The molecule has 8 heteroatoms. The van der Waals surface area contributed by atoms with Crippen LogP contribution in [0.1, 0.15) is 27.9 Å². The highest BCUT2D eigenvalue weighted by Crippen LogP contribution is 2.39. The number of hydrogen-bond acceptors (Lipinski definition) is 6. The molecular formula is C25H27N3O4S. The molecule has 2 heterocycles. The number of nitrogens with zero attached hydrogens (tertiary/aromatic N) is 2. The Morgan fingerprint density at radius 1 is 1.03 bits per heavy atom. The summed E-state index contributed by atoms with van der Waals surface area (Å²) in [5.41, 5.74) is 6.17. The molecule has 1 N–H and O–H groups in total. The quantitative estimate of drug-likeness (QED) is 0.500. The third kappa shape index (κ3) is 4.57. The van der Waals surface area contributed by atoms with Crippen LogP contribution in [0.4, 0.5) is 5.82 Å². The number of anilines is 1. The lowest BCUT2D eigenvalue weighted by Crippen LogP contribution is -2.13. The van der Waals surface area contributed by atoms with Crippen molar-refractivity contribution in [1.29, 1.82) is 0 Å². The third-order valence-electron chi connectivity index (χ3n) is 5.64. The lowest BCUT2D eigenvalue weighted by molar-refractivity contribution is -0.111. The average Bonchev–Trinajstić information content (AvgIpc) is 3.41. The van der Waals surface area contributed by atoms with Crippen LogP contribution in [-0.2, 0) is 16.3 Å². The van der Waals surface area contributed by atoms with Gasteiger partial charge in [-0.15, -0.1) is 0 Å². The van der Waals surface area contributed by atoms with Gasteiger partial charge >= 0.3 is 0 Å². The zero-order valence-electron chi connectivity index (χ0n) is 19.4. The molecule has 3 aromatic rings. The van der Waals surface area contributed by atoms with Crippen LogP contribution in [0.25, 0.3) is 11.8 Å². The molecule has 172 valence electrons. The number of ether oxygens (including phenoxy) is 3. The van der Waals surface area contributed by atoms with Gasteiger partial charge < -0.3 is 19.5 Å². The Labute approximate surface area is 197 Å². The minimum absolute atomic E-state index is 0.242. The van der Waals surface area contributed by atoms with Gasteiger partial charge in [0.1, 0.15) is 5.82 Å². The molecule has 0 radical (unpaired) electrons. The minimum atomic E-state index is -0.242. The number of carbonyl (C=O) groups is 1. The summed E-state index contributed by atoms with van der Waals surface area (Å²) in [5, 5.41) is 7.83. The topological polar surface area (TPSA) is 74.6 Å². The van der Waals surface area contributed by atoms with Gasteiger partial charge in [0.15, 0.2) is 11.5 Å². The highest BCUT2D eigenvalue weighted by Gasteiger charge is 2.24. The molecule has 33 heavy (non-hydrogen) atoms. The summed E-state index contributed by atoms with van der Waals surface area (Å²) in [7, 11) is 4.67. The van der Waals surface area contributed by atoms with Crippen molar-refractivity contribution in [1.82, 2.24) is 9.78 Å². The van der Waals surface area contributed by atoms with E-state index in [0.29, 0.717) is 17.2 Å². The Balaban J connectivity index is 1.62. The van der Waals surface area contributed by atoms with E-state index >= 15 is 0 Å². The summed E-state index contributed by atoms with van der Waals surface area (Å²) in [6.07, 6.45) is 3.21. The molecule has 0 bridgehead atoms. The largest absolute Gasteiger partial charge is 0.493 e. The maximum absolute atomic E-state index is 12.9. The number of nitrogens with one attached hydrogen (secondary N) is 1. The van der Waals surface area contributed by atoms with Crippen molar-refractivity contribution in [3.05, 3.63) is 64.4 Å². The number of rotatable bonds is 7. The highest BCUT2D eigenvalue weighted by atomic mass is 32.2. The van der Waals surface area contributed by atoms with E-state index in [2.05, 4.69) is 31.3 Å². The van der Waals surface area contributed by atoms with E-state index in [1.54, 1.807) is 51.3 Å². The molecule has 0 saturated carbocycles. The second-order valence-corrected chi connectivity index (χ2v) is 8.71. The molecule has 1 aromatic heterocycles. The number of fused-ring (bicyclic) bond motifs is 1. The smallest absolute Gasteiger partial charge is 0.249 e. The van der Waals surface area contributed by atoms with E-state index in [0.717, 1.165) is 39.8 Å². The van der Waals surface area contributed by atoms with Gasteiger partial charge in [0.25, 0.3) is 0 Å². The molecule has 0 saturated heterocycles. The molecule has 0 aliphatic carbocycles. The van der Waals surface area contributed by atoms with Crippen molar-refractivity contribution >= 4 is 29.6 Å². The second kappa shape index (κ2) is 9.62. The summed E-state index contributed by atoms with van der Waals surface area (Å²) in [6.45, 7) is 4.15. The van der Waals surface area contributed by atoms with E-state index in [1.165, 1.54) is 17.2 Å². The van der Waals surface area contributed by atoms with E-state index in [9.17, 15) is 4.79 Å². The van der Waals surface area contributed by atoms with Crippen LogP contribution in [0.2, 0.25) is 0 Å². The number of carbonyl (C=O) groups excluding carboxylic acids is 1. The number of thioether (sulfide) groups is 1. The van der Waals surface area contributed by atoms with Crippen LogP contribution in [0.3, 0.4) is 0 Å². The first-order valence-corrected chi connectivity index (χ1v) is 11.7. The molecule has 1 amide bonds. The fourth-order valence-corrected chi connectivity index (χ4v) is 4.75. The van der Waals surface area contributed by atoms with Crippen molar-refractivity contribution < 1.29 is 19.0 Å². The van der Waals surface area contributed by atoms with Gasteiger partial charge in [-0.2, -0.15) is 16.9 Å². The fraction of sp³-hybridized carbons (Fsp3) is 0.280. The molecule has 1 aliphatic rings. The Hall–Kier alpha value is -3.39. The summed E-state index contributed by atoms with van der Waals surface area (Å²) in [4.78, 5) is 12.9. The first-order valence-electron chi connectivity index (χ1n) is 10.5. The molecule has 4 rings (SSSR count). The molecule has 0 atom stereocenters. The van der Waals surface area contributed by atoms with E-state index in [-0.39, 0.29) is 5.91 Å². The first kappa shape index (κ1) is 22.8. The standard InChI is InChI=1S/C25H27N3O4S/c1-15-6-8-18(10-16(15)2)28-25(19-13-33-14-20(19)27-28)26-23(29)9-7-17-11-21(30-3)24(32-5)22(12-17)31-4/h6-12H,13-14H2,1-5H3,(H,26,29). The van der Waals surface area contributed by atoms with Gasteiger partial charge in [-0.3, -0.25) is 4.79 Å². The number of benzene rings is 2. The van der Waals surface area contributed by atoms with Crippen LogP contribution in [-0.4, -0.2) is 37.0 Å². The van der Waals surface area contributed by atoms with E-state index in [1.807, 2.05) is 10.7 Å². The summed E-state index contributed by atoms with van der Waals surface area (Å²) in [5.74, 6) is 3.71. The summed E-state index contributed by atoms with van der Waals surface area (Å²) >= 11 is 1.80. The SMILES string of the molecule is COc1cc(C=CC(=O)Nc2c3c(nn2-c2ccc(C)c(C)c2)CSC3)cc(OC)c1OC. The van der Waals surface area contributed by atoms with Crippen LogP contribution in [0.5, 0.6) is 17.2 Å². The Kier molecular flexibility index (Phi) is 6.65. The zero-order chi connectivity index (χ0) is 23.5. The number of hydrogen-bond donors (Lipinski definition) is 1. The van der Waals surface area contributed by atoms with E-state index in [4.69, 9.17) is 19.3 Å². The number of amides is 1. The van der Waals surface area contributed by atoms with Gasteiger partial charge in [0, 0.05) is 23.1 Å². The summed E-state index contributed by atoms with van der Waals surface area (Å²) < 4.78 is 18.0. The monoisotopic (exact) mass is 465 g/mol. The number of aryl methyl sites for hydroxylation is 2. The average molecular weight is 466 g/mol. The maximum atomic E-state index is 12.9. The van der Waals surface area contributed by atoms with E-state index < -0.39 is 0 Å². The zero-order valence-corrected chi connectivity index (χ0v) is 20.2. The summed E-state index contributed by atoms with van der Waals surface area (Å²) in [6, 6.07) is 9.77. The van der Waals surface area contributed by atoms with Crippen LogP contribution < -0.4 is 19.5 Å². The van der Waals surface area contributed by atoms with Crippen molar-refractivity contribution in [3.8, 4) is 22.9 Å². The van der Waals surface area contributed by atoms with Crippen molar-refractivity contribution in [2.45, 2.75) is 25.4 Å². The molecule has 1 aliphatic heterocycles. The molecule has 0 fully saturated rings. The highest BCUT2D eigenvalue weighted by molar-refractivity contribution is 7.98. The lowest BCUT2D eigenvalue weighted by atomic mass is 10.1. The van der Waals surface area contributed by atoms with Crippen LogP contribution >= 0.6 is 11.8 Å². The van der Waals surface area contributed by atoms with Gasteiger partial charge in [0.05, 0.1) is 32.7 Å². The lowest BCUT2D eigenvalue weighted by Gasteiger charge is -2.13. The Morgan fingerprint density at radius 3 is 2.39 bits per heavy atom. The fourth-order valence-electron chi connectivity index (χ4n) is 3.71. The maximum Gasteiger partial charge on any atom is 0.249 e. The normalized spacial score (nSPS) is 12.6. The van der Waals surface area contributed by atoms with Crippen molar-refractivity contribution in [2.75, 3.05) is 26.6 Å². The van der Waals surface area contributed by atoms with Crippen LogP contribution in [0, 0.1) is 13.8 Å². The Morgan fingerprint density at radius 2 is 1.76 bits per heavy atom. The molecule has 0 spiro atoms. The van der Waals surface area contributed by atoms with Crippen molar-refractivity contribution in [3.63, 3.8) is 0 Å². The van der Waals surface area contributed by atoms with Crippen molar-refractivity contribution in [2.24, 2.45) is 0 Å².